The summed E-state index contributed by atoms with van der Waals surface area (Å²) in [4.78, 5) is 0. The number of anilines is 2. The van der Waals surface area contributed by atoms with Gasteiger partial charge in [0.2, 0.25) is 0 Å². The molecule has 0 radical (unpaired) electrons. The second-order valence-corrected chi connectivity index (χ2v) is 7.92. The van der Waals surface area contributed by atoms with Crippen molar-refractivity contribution in [3.05, 3.63) is 22.2 Å². The largest absolute Gasteiger partial charge is 0.397 e. The first-order chi connectivity index (χ1) is 9.29. The van der Waals surface area contributed by atoms with E-state index in [-0.39, 0.29) is 0 Å². The third-order valence-corrected chi connectivity index (χ3v) is 5.71. The van der Waals surface area contributed by atoms with Gasteiger partial charge in [-0.1, -0.05) is 6.92 Å². The van der Waals surface area contributed by atoms with Gasteiger partial charge in [-0.05, 0) is 59.3 Å². The van der Waals surface area contributed by atoms with E-state index < -0.39 is 10.2 Å². The van der Waals surface area contributed by atoms with Crippen LogP contribution in [0.25, 0.3) is 0 Å². The van der Waals surface area contributed by atoms with E-state index in [9.17, 15) is 8.42 Å². The summed E-state index contributed by atoms with van der Waals surface area (Å²) in [6, 6.07) is 3.59. The fraction of sp³-hybridized carbons (Fsp3) is 0.538. The zero-order valence-corrected chi connectivity index (χ0v) is 14.1. The summed E-state index contributed by atoms with van der Waals surface area (Å²) in [5.41, 5.74) is 7.71. The molecule has 1 aromatic rings. The Bertz CT molecular complexity index is 573. The van der Waals surface area contributed by atoms with Crippen LogP contribution in [-0.4, -0.2) is 25.8 Å². The van der Waals surface area contributed by atoms with Gasteiger partial charge in [-0.2, -0.15) is 12.7 Å². The van der Waals surface area contributed by atoms with E-state index in [1.54, 1.807) is 6.07 Å². The van der Waals surface area contributed by atoms with Crippen LogP contribution in [0.2, 0.25) is 0 Å². The van der Waals surface area contributed by atoms with Gasteiger partial charge in [-0.15, -0.1) is 0 Å². The number of rotatable bonds is 3. The molecule has 1 aliphatic rings. The molecule has 0 atom stereocenters. The van der Waals surface area contributed by atoms with Crippen molar-refractivity contribution in [2.75, 3.05) is 23.5 Å². The van der Waals surface area contributed by atoms with E-state index in [1.165, 1.54) is 4.31 Å². The van der Waals surface area contributed by atoms with Crippen LogP contribution in [0.3, 0.4) is 0 Å². The Hall–Kier alpha value is -0.790. The predicted molar refractivity (Wildman–Crippen MR) is 85.8 cm³/mol. The molecule has 7 heteroatoms. The number of nitrogens with one attached hydrogen (secondary N) is 1. The second-order valence-electron chi connectivity index (χ2n) is 5.40. The second kappa shape index (κ2) is 5.91. The molecule has 20 heavy (non-hydrogen) atoms. The van der Waals surface area contributed by atoms with E-state index in [2.05, 4.69) is 27.6 Å². The van der Waals surface area contributed by atoms with E-state index >= 15 is 0 Å². The van der Waals surface area contributed by atoms with Crippen molar-refractivity contribution in [1.82, 2.24) is 4.31 Å². The number of piperidine rings is 1. The third-order valence-electron chi connectivity index (χ3n) is 3.58. The van der Waals surface area contributed by atoms with Gasteiger partial charge in [-0.25, -0.2) is 0 Å². The van der Waals surface area contributed by atoms with Crippen molar-refractivity contribution in [3.8, 4) is 0 Å². The Kier molecular flexibility index (Phi) is 4.61. The number of benzene rings is 1. The van der Waals surface area contributed by atoms with Gasteiger partial charge in [0.1, 0.15) is 0 Å². The zero-order valence-electron chi connectivity index (χ0n) is 11.7. The van der Waals surface area contributed by atoms with Crippen LogP contribution in [0.4, 0.5) is 11.4 Å². The first-order valence-electron chi connectivity index (χ1n) is 6.63. The van der Waals surface area contributed by atoms with Gasteiger partial charge >= 0.3 is 10.2 Å². The SMILES string of the molecule is Cc1cc(N)c(NS(=O)(=O)N2CCC(C)CC2)c(Br)c1. The lowest BCUT2D eigenvalue weighted by Crippen LogP contribution is -2.41. The highest BCUT2D eigenvalue weighted by atomic mass is 79.9. The van der Waals surface area contributed by atoms with Gasteiger partial charge in [0.15, 0.2) is 0 Å². The smallest absolute Gasteiger partial charge is 0.301 e. The van der Waals surface area contributed by atoms with E-state index in [0.717, 1.165) is 18.4 Å². The number of aryl methyl sites for hydroxylation is 1. The first-order valence-corrected chi connectivity index (χ1v) is 8.86. The molecule has 0 unspecified atom stereocenters. The molecule has 1 aromatic carbocycles. The first kappa shape index (κ1) is 15.6. The van der Waals surface area contributed by atoms with Crippen LogP contribution in [0, 0.1) is 12.8 Å². The summed E-state index contributed by atoms with van der Waals surface area (Å²) in [5.74, 6) is 0.581. The standard InChI is InChI=1S/C13H20BrN3O2S/c1-9-3-5-17(6-4-9)20(18,19)16-13-11(14)7-10(2)8-12(13)15/h7-9,16H,3-6,15H2,1-2H3. The normalized spacial score (nSPS) is 18.1. The molecular weight excluding hydrogens is 342 g/mol. The van der Waals surface area contributed by atoms with E-state index in [0.29, 0.717) is 34.9 Å². The van der Waals surface area contributed by atoms with Crippen molar-refractivity contribution >= 4 is 37.5 Å². The van der Waals surface area contributed by atoms with Gasteiger partial charge in [0.05, 0.1) is 11.4 Å². The van der Waals surface area contributed by atoms with Crippen molar-refractivity contribution < 1.29 is 8.42 Å². The number of nitrogens with two attached hydrogens (primary N) is 1. The van der Waals surface area contributed by atoms with Crippen molar-refractivity contribution in [2.24, 2.45) is 5.92 Å². The van der Waals surface area contributed by atoms with Crippen LogP contribution in [0.5, 0.6) is 0 Å². The minimum Gasteiger partial charge on any atom is -0.397 e. The van der Waals surface area contributed by atoms with Crippen molar-refractivity contribution in [2.45, 2.75) is 26.7 Å². The fourth-order valence-electron chi connectivity index (χ4n) is 2.30. The molecule has 1 aliphatic heterocycles. The molecule has 2 rings (SSSR count). The Morgan fingerprint density at radius 2 is 1.95 bits per heavy atom. The zero-order chi connectivity index (χ0) is 14.9. The molecule has 0 aromatic heterocycles. The van der Waals surface area contributed by atoms with Crippen LogP contribution < -0.4 is 10.5 Å². The monoisotopic (exact) mass is 361 g/mol. The summed E-state index contributed by atoms with van der Waals surface area (Å²) < 4.78 is 29.5. The number of hydrogen-bond acceptors (Lipinski definition) is 3. The van der Waals surface area contributed by atoms with E-state index in [1.807, 2.05) is 13.0 Å². The molecule has 1 fully saturated rings. The van der Waals surface area contributed by atoms with Crippen LogP contribution in [0.15, 0.2) is 16.6 Å². The molecular formula is C13H20BrN3O2S. The lowest BCUT2D eigenvalue weighted by molar-refractivity contribution is 0.289. The summed E-state index contributed by atoms with van der Waals surface area (Å²) in [7, 11) is -3.54. The predicted octanol–water partition coefficient (Wildman–Crippen LogP) is 2.73. The molecule has 0 spiro atoms. The minimum absolute atomic E-state index is 0.411. The van der Waals surface area contributed by atoms with Gasteiger partial charge < -0.3 is 5.73 Å². The summed E-state index contributed by atoms with van der Waals surface area (Å²) in [6.07, 6.45) is 1.79. The Balaban J connectivity index is 2.21. The van der Waals surface area contributed by atoms with Crippen LogP contribution in [-0.2, 0) is 10.2 Å². The molecule has 1 saturated heterocycles. The molecule has 0 bridgehead atoms. The molecule has 5 nitrogen and oxygen atoms in total. The minimum atomic E-state index is -3.54. The van der Waals surface area contributed by atoms with Crippen molar-refractivity contribution in [1.29, 1.82) is 0 Å². The molecule has 0 saturated carbocycles. The van der Waals surface area contributed by atoms with Crippen LogP contribution in [0.1, 0.15) is 25.3 Å². The molecule has 0 amide bonds. The summed E-state index contributed by atoms with van der Waals surface area (Å²) >= 11 is 3.36. The van der Waals surface area contributed by atoms with Gasteiger partial charge in [0, 0.05) is 17.6 Å². The van der Waals surface area contributed by atoms with Crippen LogP contribution >= 0.6 is 15.9 Å². The number of halogens is 1. The lowest BCUT2D eigenvalue weighted by atomic mass is 10.0. The van der Waals surface area contributed by atoms with Crippen molar-refractivity contribution in [3.63, 3.8) is 0 Å². The number of nitrogen functional groups attached to an aromatic ring is 1. The third kappa shape index (κ3) is 3.45. The quantitative estimate of drug-likeness (QED) is 0.812. The van der Waals surface area contributed by atoms with Gasteiger partial charge in [-0.3, -0.25) is 4.72 Å². The maximum atomic E-state index is 12.4. The summed E-state index contributed by atoms with van der Waals surface area (Å²) in [6.45, 7) is 5.16. The molecule has 0 aliphatic carbocycles. The highest BCUT2D eigenvalue weighted by molar-refractivity contribution is 9.10. The Morgan fingerprint density at radius 3 is 2.50 bits per heavy atom. The van der Waals surface area contributed by atoms with Gasteiger partial charge in [0.25, 0.3) is 0 Å². The highest BCUT2D eigenvalue weighted by Gasteiger charge is 2.27. The number of nitrogens with zero attached hydrogens (tertiary/aromatic N) is 1. The molecule has 1 heterocycles. The summed E-state index contributed by atoms with van der Waals surface area (Å²) in [5, 5.41) is 0. The highest BCUT2D eigenvalue weighted by Crippen LogP contribution is 2.32. The number of hydrogen-bond donors (Lipinski definition) is 2. The van der Waals surface area contributed by atoms with E-state index in [4.69, 9.17) is 5.73 Å². The Morgan fingerprint density at radius 1 is 1.35 bits per heavy atom. The fourth-order valence-corrected chi connectivity index (χ4v) is 4.42. The average Bonchev–Trinajstić information content (AvgIpc) is 2.34. The maximum absolute atomic E-state index is 12.4. The topological polar surface area (TPSA) is 75.4 Å². The maximum Gasteiger partial charge on any atom is 0.301 e. The Labute approximate surface area is 128 Å². The average molecular weight is 362 g/mol. The molecule has 3 N–H and O–H groups in total. The lowest BCUT2D eigenvalue weighted by Gasteiger charge is -2.29. The molecule has 112 valence electrons.